The van der Waals surface area contributed by atoms with Crippen LogP contribution in [0.3, 0.4) is 0 Å². The van der Waals surface area contributed by atoms with E-state index in [0.29, 0.717) is 16.7 Å². The normalized spacial score (nSPS) is 12.7. The van der Waals surface area contributed by atoms with Crippen LogP contribution in [0.25, 0.3) is 0 Å². The molecule has 0 bridgehead atoms. The summed E-state index contributed by atoms with van der Waals surface area (Å²) in [6.45, 7) is 0. The highest BCUT2D eigenvalue weighted by atomic mass is 16.4. The molecule has 0 fully saturated rings. The summed E-state index contributed by atoms with van der Waals surface area (Å²) in [6.07, 6.45) is -1.51. The van der Waals surface area contributed by atoms with Gasteiger partial charge in [-0.2, -0.15) is 5.26 Å². The molecule has 0 aliphatic heterocycles. The van der Waals surface area contributed by atoms with Crippen molar-refractivity contribution in [2.75, 3.05) is 0 Å². The number of benzene rings is 2. The number of amides is 1. The van der Waals surface area contributed by atoms with Crippen molar-refractivity contribution in [1.82, 2.24) is 5.32 Å². The van der Waals surface area contributed by atoms with E-state index in [0.717, 1.165) is 0 Å². The smallest absolute Gasteiger partial charge is 0.326 e. The Bertz CT molecular complexity index is 768. The Balaban J connectivity index is 2.13. The summed E-state index contributed by atoms with van der Waals surface area (Å²) in [4.78, 5) is 23.5. The standard InChI is InChI=1S/C18H16N2O4/c19-11-14-9-5-4-8-13(14)10-15(18(23)24)20-17(22)16(21)12-6-2-1-3-7-12/h1-9,15-16,21H,10H2,(H,20,22)(H,23,24)/t15-,16+/m1/s1. The van der Waals surface area contributed by atoms with Crippen LogP contribution in [-0.2, 0) is 16.0 Å². The third kappa shape index (κ3) is 4.18. The van der Waals surface area contributed by atoms with Gasteiger partial charge in [0.1, 0.15) is 6.04 Å². The van der Waals surface area contributed by atoms with Gasteiger partial charge in [0.2, 0.25) is 0 Å². The molecule has 1 amide bonds. The maximum atomic E-state index is 12.1. The molecule has 0 saturated carbocycles. The summed E-state index contributed by atoms with van der Waals surface area (Å²) in [6, 6.07) is 15.6. The maximum Gasteiger partial charge on any atom is 0.326 e. The Morgan fingerprint density at radius 1 is 1.08 bits per heavy atom. The fraction of sp³-hybridized carbons (Fsp3) is 0.167. The lowest BCUT2D eigenvalue weighted by atomic mass is 10.0. The average Bonchev–Trinajstić information content (AvgIpc) is 2.61. The van der Waals surface area contributed by atoms with Gasteiger partial charge in [0, 0.05) is 6.42 Å². The van der Waals surface area contributed by atoms with Crippen LogP contribution < -0.4 is 5.32 Å². The Morgan fingerprint density at radius 2 is 1.71 bits per heavy atom. The van der Waals surface area contributed by atoms with E-state index in [1.54, 1.807) is 54.6 Å². The molecule has 6 heteroatoms. The second-order valence-corrected chi connectivity index (χ2v) is 5.19. The number of carboxylic acids is 1. The van der Waals surface area contributed by atoms with Gasteiger partial charge in [-0.1, -0.05) is 48.5 Å². The van der Waals surface area contributed by atoms with Crippen molar-refractivity contribution in [1.29, 1.82) is 5.26 Å². The van der Waals surface area contributed by atoms with Gasteiger partial charge < -0.3 is 15.5 Å². The number of hydrogen-bond acceptors (Lipinski definition) is 4. The van der Waals surface area contributed by atoms with Crippen molar-refractivity contribution in [2.45, 2.75) is 18.6 Å². The van der Waals surface area contributed by atoms with Crippen molar-refractivity contribution in [3.63, 3.8) is 0 Å². The molecule has 2 aromatic rings. The van der Waals surface area contributed by atoms with E-state index in [-0.39, 0.29) is 6.42 Å². The number of nitrogens with one attached hydrogen (secondary N) is 1. The van der Waals surface area contributed by atoms with Crippen molar-refractivity contribution in [2.24, 2.45) is 0 Å². The second kappa shape index (κ2) is 7.90. The fourth-order valence-electron chi connectivity index (χ4n) is 2.26. The maximum absolute atomic E-state index is 12.1. The van der Waals surface area contributed by atoms with Gasteiger partial charge in [-0.15, -0.1) is 0 Å². The lowest BCUT2D eigenvalue weighted by Crippen LogP contribution is -2.44. The minimum absolute atomic E-state index is 0.0493. The molecule has 0 heterocycles. The third-order valence-electron chi connectivity index (χ3n) is 3.54. The number of aliphatic hydroxyl groups excluding tert-OH is 1. The lowest BCUT2D eigenvalue weighted by molar-refractivity contribution is -0.143. The van der Waals surface area contributed by atoms with Crippen LogP contribution >= 0.6 is 0 Å². The molecule has 24 heavy (non-hydrogen) atoms. The topological polar surface area (TPSA) is 110 Å². The summed E-state index contributed by atoms with van der Waals surface area (Å²) in [5, 5.41) is 30.7. The second-order valence-electron chi connectivity index (χ2n) is 5.19. The minimum Gasteiger partial charge on any atom is -0.480 e. The highest BCUT2D eigenvalue weighted by Crippen LogP contribution is 2.14. The third-order valence-corrected chi connectivity index (χ3v) is 3.54. The average molecular weight is 324 g/mol. The number of nitrogens with zero attached hydrogens (tertiary/aromatic N) is 1. The van der Waals surface area contributed by atoms with Crippen LogP contribution in [0.1, 0.15) is 22.8 Å². The molecule has 0 spiro atoms. The molecular weight excluding hydrogens is 308 g/mol. The number of nitriles is 1. The summed E-state index contributed by atoms with van der Waals surface area (Å²) >= 11 is 0. The van der Waals surface area contributed by atoms with Crippen molar-refractivity contribution < 1.29 is 19.8 Å². The van der Waals surface area contributed by atoms with Crippen LogP contribution in [0, 0.1) is 11.3 Å². The Labute approximate surface area is 139 Å². The number of aliphatic carboxylic acids is 1. The zero-order valence-electron chi connectivity index (χ0n) is 12.7. The van der Waals surface area contributed by atoms with Gasteiger partial charge in [0.25, 0.3) is 5.91 Å². The lowest BCUT2D eigenvalue weighted by Gasteiger charge is -2.18. The summed E-state index contributed by atoms with van der Waals surface area (Å²) in [5.41, 5.74) is 1.24. The van der Waals surface area contributed by atoms with Crippen molar-refractivity contribution >= 4 is 11.9 Å². The van der Waals surface area contributed by atoms with Crippen LogP contribution in [0.5, 0.6) is 0 Å². The van der Waals surface area contributed by atoms with Crippen LogP contribution in [-0.4, -0.2) is 28.1 Å². The van der Waals surface area contributed by atoms with Gasteiger partial charge in [-0.3, -0.25) is 4.79 Å². The molecule has 0 aliphatic carbocycles. The minimum atomic E-state index is -1.46. The first-order chi connectivity index (χ1) is 11.5. The van der Waals surface area contributed by atoms with E-state index in [9.17, 15) is 19.8 Å². The molecule has 6 nitrogen and oxygen atoms in total. The van der Waals surface area contributed by atoms with Gasteiger partial charge in [-0.05, 0) is 17.2 Å². The Hall–Kier alpha value is -3.17. The monoisotopic (exact) mass is 324 g/mol. The molecule has 2 atom stereocenters. The van der Waals surface area contributed by atoms with Crippen LogP contribution in [0.15, 0.2) is 54.6 Å². The number of carboxylic acid groups (broad SMARTS) is 1. The summed E-state index contributed by atoms with van der Waals surface area (Å²) in [7, 11) is 0. The van der Waals surface area contributed by atoms with Gasteiger partial charge >= 0.3 is 5.97 Å². The molecule has 3 N–H and O–H groups in total. The summed E-state index contributed by atoms with van der Waals surface area (Å²) < 4.78 is 0. The zero-order valence-corrected chi connectivity index (χ0v) is 12.7. The first-order valence-corrected chi connectivity index (χ1v) is 7.27. The van der Waals surface area contributed by atoms with Gasteiger partial charge in [0.05, 0.1) is 11.6 Å². The van der Waals surface area contributed by atoms with Crippen LogP contribution in [0.4, 0.5) is 0 Å². The Kier molecular flexibility index (Phi) is 5.66. The number of carbonyl (C=O) groups excluding carboxylic acids is 1. The number of aliphatic hydroxyl groups is 1. The highest BCUT2D eigenvalue weighted by Gasteiger charge is 2.25. The van der Waals surface area contributed by atoms with Crippen molar-refractivity contribution in [3.8, 4) is 6.07 Å². The van der Waals surface area contributed by atoms with Crippen LogP contribution in [0.2, 0.25) is 0 Å². The summed E-state index contributed by atoms with van der Waals surface area (Å²) in [5.74, 6) is -2.04. The molecule has 0 unspecified atom stereocenters. The van der Waals surface area contributed by atoms with Crippen molar-refractivity contribution in [3.05, 3.63) is 71.3 Å². The van der Waals surface area contributed by atoms with E-state index >= 15 is 0 Å². The van der Waals surface area contributed by atoms with E-state index in [1.807, 2.05) is 6.07 Å². The molecule has 0 aromatic heterocycles. The number of rotatable bonds is 6. The molecular formula is C18H16N2O4. The number of hydrogen-bond donors (Lipinski definition) is 3. The Morgan fingerprint density at radius 3 is 2.33 bits per heavy atom. The SMILES string of the molecule is N#Cc1ccccc1C[C@@H](NC(=O)[C@@H](O)c1ccccc1)C(=O)O. The van der Waals surface area contributed by atoms with E-state index in [2.05, 4.69) is 5.32 Å². The predicted molar refractivity (Wildman–Crippen MR) is 85.8 cm³/mol. The molecule has 122 valence electrons. The first-order valence-electron chi connectivity index (χ1n) is 7.27. The fourth-order valence-corrected chi connectivity index (χ4v) is 2.26. The van der Waals surface area contributed by atoms with E-state index < -0.39 is 24.0 Å². The van der Waals surface area contributed by atoms with Gasteiger partial charge in [0.15, 0.2) is 6.10 Å². The molecule has 0 aliphatic rings. The molecule has 0 radical (unpaired) electrons. The first kappa shape index (κ1) is 17.2. The highest BCUT2D eigenvalue weighted by molar-refractivity contribution is 5.87. The van der Waals surface area contributed by atoms with E-state index in [4.69, 9.17) is 5.26 Å². The quantitative estimate of drug-likeness (QED) is 0.744. The number of carbonyl (C=O) groups is 2. The van der Waals surface area contributed by atoms with E-state index in [1.165, 1.54) is 0 Å². The predicted octanol–water partition coefficient (Wildman–Crippen LogP) is 1.40. The molecule has 2 aromatic carbocycles. The zero-order chi connectivity index (χ0) is 17.5. The van der Waals surface area contributed by atoms with Gasteiger partial charge in [-0.25, -0.2) is 4.79 Å². The molecule has 2 rings (SSSR count). The molecule has 0 saturated heterocycles. The largest absolute Gasteiger partial charge is 0.480 e.